The fraction of sp³-hybridized carbons (Fsp3) is 0.0800. The first kappa shape index (κ1) is 22.3. The number of hydrogen-bond acceptors (Lipinski definition) is 5. The molecular formula is C25H19FN2O4S. The smallest absolute Gasteiger partial charge is 0.294 e. The van der Waals surface area contributed by atoms with Crippen molar-refractivity contribution in [1.29, 1.82) is 0 Å². The molecule has 3 amide bonds. The van der Waals surface area contributed by atoms with Crippen LogP contribution in [0.1, 0.15) is 11.1 Å². The standard InChI is InChI=1S/C25H19FN2O4S/c26-19-9-11-20(12-10-19)27-23(29)15-28-24(30)22(33-25(28)31)14-18-7-4-8-21(13-18)32-16-17-5-2-1-3-6-17/h1-14H,15-16H2,(H,27,29)/b22-14-. The molecule has 1 aliphatic heterocycles. The summed E-state index contributed by atoms with van der Waals surface area (Å²) in [6.45, 7) is -0.0242. The number of benzene rings is 3. The largest absolute Gasteiger partial charge is 0.489 e. The fourth-order valence-electron chi connectivity index (χ4n) is 3.10. The highest BCUT2D eigenvalue weighted by molar-refractivity contribution is 8.18. The van der Waals surface area contributed by atoms with Crippen LogP contribution >= 0.6 is 11.8 Å². The van der Waals surface area contributed by atoms with E-state index in [1.165, 1.54) is 24.3 Å². The number of nitrogens with one attached hydrogen (secondary N) is 1. The highest BCUT2D eigenvalue weighted by Crippen LogP contribution is 2.32. The SMILES string of the molecule is O=C(CN1C(=O)S/C(=C\c2cccc(OCc3ccccc3)c2)C1=O)Nc1ccc(F)cc1. The predicted octanol–water partition coefficient (Wildman–Crippen LogP) is 5.08. The van der Waals surface area contributed by atoms with Gasteiger partial charge in [-0.25, -0.2) is 4.39 Å². The van der Waals surface area contributed by atoms with Crippen molar-refractivity contribution in [2.75, 3.05) is 11.9 Å². The molecule has 1 heterocycles. The van der Waals surface area contributed by atoms with Gasteiger partial charge in [0.05, 0.1) is 4.91 Å². The van der Waals surface area contributed by atoms with Gasteiger partial charge in [-0.05, 0) is 65.4 Å². The molecule has 0 aliphatic carbocycles. The van der Waals surface area contributed by atoms with E-state index >= 15 is 0 Å². The fourth-order valence-corrected chi connectivity index (χ4v) is 3.94. The van der Waals surface area contributed by atoms with Crippen molar-refractivity contribution in [3.8, 4) is 5.75 Å². The van der Waals surface area contributed by atoms with E-state index in [0.717, 1.165) is 22.2 Å². The van der Waals surface area contributed by atoms with Gasteiger partial charge in [0.2, 0.25) is 5.91 Å². The lowest BCUT2D eigenvalue weighted by Crippen LogP contribution is -2.36. The van der Waals surface area contributed by atoms with Crippen molar-refractivity contribution in [1.82, 2.24) is 4.90 Å². The van der Waals surface area contributed by atoms with Gasteiger partial charge < -0.3 is 10.1 Å². The van der Waals surface area contributed by atoms with Crippen LogP contribution in [-0.2, 0) is 16.2 Å². The number of thioether (sulfide) groups is 1. The highest BCUT2D eigenvalue weighted by Gasteiger charge is 2.36. The Hall–Kier alpha value is -3.91. The summed E-state index contributed by atoms with van der Waals surface area (Å²) in [7, 11) is 0. The molecule has 166 valence electrons. The van der Waals surface area contributed by atoms with E-state index < -0.39 is 29.4 Å². The van der Waals surface area contributed by atoms with E-state index in [9.17, 15) is 18.8 Å². The molecule has 0 unspecified atom stereocenters. The number of nitrogens with zero attached hydrogens (tertiary/aromatic N) is 1. The molecule has 33 heavy (non-hydrogen) atoms. The third kappa shape index (κ3) is 5.87. The summed E-state index contributed by atoms with van der Waals surface area (Å²) in [5.41, 5.74) is 2.10. The Morgan fingerprint density at radius 3 is 2.52 bits per heavy atom. The zero-order chi connectivity index (χ0) is 23.2. The first-order valence-electron chi connectivity index (χ1n) is 10.1. The average Bonchev–Trinajstić information content (AvgIpc) is 3.07. The second-order valence-corrected chi connectivity index (χ2v) is 8.16. The van der Waals surface area contributed by atoms with Gasteiger partial charge >= 0.3 is 0 Å². The van der Waals surface area contributed by atoms with E-state index in [-0.39, 0.29) is 4.91 Å². The van der Waals surface area contributed by atoms with Crippen molar-refractivity contribution in [3.63, 3.8) is 0 Å². The Balaban J connectivity index is 1.39. The van der Waals surface area contributed by atoms with Gasteiger partial charge in [0, 0.05) is 5.69 Å². The summed E-state index contributed by atoms with van der Waals surface area (Å²) >= 11 is 0.771. The number of halogens is 1. The Kier molecular flexibility index (Phi) is 6.85. The second-order valence-electron chi connectivity index (χ2n) is 7.17. The summed E-state index contributed by atoms with van der Waals surface area (Å²) in [5, 5.41) is 2.01. The first-order valence-corrected chi connectivity index (χ1v) is 10.9. The molecular weight excluding hydrogens is 443 g/mol. The van der Waals surface area contributed by atoms with Crippen molar-refractivity contribution in [2.45, 2.75) is 6.61 Å². The van der Waals surface area contributed by atoms with Crippen molar-refractivity contribution >= 4 is 40.6 Å². The Bertz CT molecular complexity index is 1210. The lowest BCUT2D eigenvalue weighted by molar-refractivity contribution is -0.127. The van der Waals surface area contributed by atoms with E-state index in [1.807, 2.05) is 36.4 Å². The predicted molar refractivity (Wildman–Crippen MR) is 125 cm³/mol. The van der Waals surface area contributed by atoms with Crippen LogP contribution in [0, 0.1) is 5.82 Å². The maximum Gasteiger partial charge on any atom is 0.294 e. The maximum atomic E-state index is 13.0. The van der Waals surface area contributed by atoms with Crippen LogP contribution < -0.4 is 10.1 Å². The number of anilines is 1. The number of imide groups is 1. The van der Waals surface area contributed by atoms with E-state index in [0.29, 0.717) is 23.6 Å². The summed E-state index contributed by atoms with van der Waals surface area (Å²) in [6, 6.07) is 22.1. The molecule has 0 bridgehead atoms. The number of amides is 3. The molecule has 4 rings (SSSR count). The van der Waals surface area contributed by atoms with Crippen LogP contribution in [0.4, 0.5) is 14.9 Å². The van der Waals surface area contributed by atoms with Gasteiger partial charge in [0.25, 0.3) is 11.1 Å². The Labute approximate surface area is 194 Å². The molecule has 1 saturated heterocycles. The summed E-state index contributed by atoms with van der Waals surface area (Å²) in [4.78, 5) is 38.4. The van der Waals surface area contributed by atoms with Crippen LogP contribution in [0.25, 0.3) is 6.08 Å². The topological polar surface area (TPSA) is 75.7 Å². The minimum Gasteiger partial charge on any atom is -0.489 e. The molecule has 8 heteroatoms. The van der Waals surface area contributed by atoms with Crippen LogP contribution in [-0.4, -0.2) is 28.5 Å². The van der Waals surface area contributed by atoms with Crippen molar-refractivity contribution in [2.24, 2.45) is 0 Å². The van der Waals surface area contributed by atoms with E-state index in [2.05, 4.69) is 5.32 Å². The van der Waals surface area contributed by atoms with Gasteiger partial charge in [-0.2, -0.15) is 0 Å². The Morgan fingerprint density at radius 2 is 1.76 bits per heavy atom. The number of carbonyl (C=O) groups is 3. The van der Waals surface area contributed by atoms with Crippen LogP contribution in [0.15, 0.2) is 83.8 Å². The summed E-state index contributed by atoms with van der Waals surface area (Å²) in [5.74, 6) is -0.902. The monoisotopic (exact) mass is 462 g/mol. The molecule has 0 aromatic heterocycles. The summed E-state index contributed by atoms with van der Waals surface area (Å²) < 4.78 is 18.8. The molecule has 0 atom stereocenters. The molecule has 3 aromatic carbocycles. The highest BCUT2D eigenvalue weighted by atomic mass is 32.2. The normalized spacial score (nSPS) is 14.6. The first-order chi connectivity index (χ1) is 16.0. The average molecular weight is 463 g/mol. The van der Waals surface area contributed by atoms with E-state index in [1.54, 1.807) is 24.3 Å². The van der Waals surface area contributed by atoms with Gasteiger partial charge in [-0.1, -0.05) is 42.5 Å². The molecule has 1 N–H and O–H groups in total. The number of rotatable bonds is 7. The molecule has 3 aromatic rings. The lowest BCUT2D eigenvalue weighted by Gasteiger charge is -2.12. The van der Waals surface area contributed by atoms with Gasteiger partial charge in [0.15, 0.2) is 0 Å². The molecule has 0 saturated carbocycles. The minimum absolute atomic E-state index is 0.217. The zero-order valence-corrected chi connectivity index (χ0v) is 18.2. The number of carbonyl (C=O) groups excluding carboxylic acids is 3. The third-order valence-electron chi connectivity index (χ3n) is 4.71. The Morgan fingerprint density at radius 1 is 1.00 bits per heavy atom. The van der Waals surface area contributed by atoms with Crippen LogP contribution in [0.3, 0.4) is 0 Å². The summed E-state index contributed by atoms with van der Waals surface area (Å²) in [6.07, 6.45) is 1.60. The number of hydrogen-bond donors (Lipinski definition) is 1. The second kappa shape index (κ2) is 10.1. The molecule has 0 radical (unpaired) electrons. The van der Waals surface area contributed by atoms with E-state index in [4.69, 9.17) is 4.74 Å². The third-order valence-corrected chi connectivity index (χ3v) is 5.61. The molecule has 0 spiro atoms. The van der Waals surface area contributed by atoms with Crippen molar-refractivity contribution in [3.05, 3.63) is 101 Å². The minimum atomic E-state index is -0.554. The van der Waals surface area contributed by atoms with Gasteiger partial charge in [0.1, 0.15) is 24.7 Å². The maximum absolute atomic E-state index is 13.0. The number of ether oxygens (including phenoxy) is 1. The van der Waals surface area contributed by atoms with Gasteiger partial charge in [-0.15, -0.1) is 0 Å². The molecule has 1 fully saturated rings. The van der Waals surface area contributed by atoms with Gasteiger partial charge in [-0.3, -0.25) is 19.3 Å². The quantitative estimate of drug-likeness (QED) is 0.496. The van der Waals surface area contributed by atoms with Crippen LogP contribution in [0.5, 0.6) is 5.75 Å². The van der Waals surface area contributed by atoms with Crippen LogP contribution in [0.2, 0.25) is 0 Å². The molecule has 6 nitrogen and oxygen atoms in total. The molecule has 1 aliphatic rings. The van der Waals surface area contributed by atoms with Crippen molar-refractivity contribution < 1.29 is 23.5 Å². The zero-order valence-electron chi connectivity index (χ0n) is 17.4. The lowest BCUT2D eigenvalue weighted by atomic mass is 10.2.